The zero-order valence-electron chi connectivity index (χ0n) is 9.14. The van der Waals surface area contributed by atoms with Crippen LogP contribution in [0.1, 0.15) is 23.3 Å². The van der Waals surface area contributed by atoms with Crippen LogP contribution in [0.15, 0.2) is 59.7 Å². The molecule has 86 valence electrons. The van der Waals surface area contributed by atoms with Crippen LogP contribution >= 0.6 is 0 Å². The van der Waals surface area contributed by atoms with E-state index in [-0.39, 0.29) is 0 Å². The summed E-state index contributed by atoms with van der Waals surface area (Å²) in [7, 11) is 0. The molecule has 2 aromatic carbocycles. The van der Waals surface area contributed by atoms with E-state index in [0.29, 0.717) is 0 Å². The van der Waals surface area contributed by atoms with Gasteiger partial charge in [0.15, 0.2) is 0 Å². The van der Waals surface area contributed by atoms with E-state index in [0.717, 1.165) is 11.1 Å². The van der Waals surface area contributed by atoms with E-state index >= 15 is 0 Å². The number of benzene rings is 1. The van der Waals surface area contributed by atoms with Crippen molar-refractivity contribution in [3.8, 4) is 0 Å². The molecule has 0 radical (unpaired) electrons. The lowest BCUT2D eigenvalue weighted by molar-refractivity contribution is 0.147. The lowest BCUT2D eigenvalue weighted by Crippen LogP contribution is -2.07. The van der Waals surface area contributed by atoms with E-state index in [1.807, 2.05) is 54.6 Å². The van der Waals surface area contributed by atoms with Gasteiger partial charge in [-0.25, -0.2) is 12.1 Å². The Kier molecular flexibility index (Phi) is 3.50. The zero-order chi connectivity index (χ0) is 12.1. The van der Waals surface area contributed by atoms with E-state index in [4.69, 9.17) is 5.53 Å². The van der Waals surface area contributed by atoms with Crippen LogP contribution in [-0.2, 0) is 0 Å². The standard InChI is InChI=1S/C13H12N3O/c14-16-15-12(10-6-4-5-7-10)13(17)11-8-2-1-3-9-11/h1-9,12-13,17H/q-1/t12-,13-/m1/s1. The molecule has 0 aliphatic rings. The Balaban J connectivity index is 2.32. The minimum Gasteiger partial charge on any atom is -0.388 e. The van der Waals surface area contributed by atoms with Gasteiger partial charge < -0.3 is 5.11 Å². The van der Waals surface area contributed by atoms with Crippen LogP contribution in [-0.4, -0.2) is 5.11 Å². The Morgan fingerprint density at radius 3 is 2.53 bits per heavy atom. The summed E-state index contributed by atoms with van der Waals surface area (Å²) < 4.78 is 0. The predicted octanol–water partition coefficient (Wildman–Crippen LogP) is 3.49. The van der Waals surface area contributed by atoms with E-state index in [1.54, 1.807) is 0 Å². The van der Waals surface area contributed by atoms with Crippen molar-refractivity contribution in [2.45, 2.75) is 12.1 Å². The predicted molar refractivity (Wildman–Crippen MR) is 65.3 cm³/mol. The highest BCUT2D eigenvalue weighted by molar-refractivity contribution is 5.27. The monoisotopic (exact) mass is 226 g/mol. The molecule has 0 heterocycles. The molecule has 1 N–H and O–H groups in total. The molecule has 0 unspecified atom stereocenters. The molecule has 2 atom stereocenters. The van der Waals surface area contributed by atoms with Crippen molar-refractivity contribution in [3.05, 3.63) is 76.2 Å². The number of azide groups is 1. The van der Waals surface area contributed by atoms with Gasteiger partial charge in [0.1, 0.15) is 0 Å². The number of aliphatic hydroxyl groups excluding tert-OH is 1. The molecule has 0 aromatic heterocycles. The Bertz CT molecular complexity index is 501. The molecule has 0 amide bonds. The lowest BCUT2D eigenvalue weighted by Gasteiger charge is -2.20. The lowest BCUT2D eigenvalue weighted by atomic mass is 9.98. The van der Waals surface area contributed by atoms with Crippen molar-refractivity contribution in [1.82, 2.24) is 0 Å². The number of hydrogen-bond donors (Lipinski definition) is 1. The average Bonchev–Trinajstić information content (AvgIpc) is 2.90. The van der Waals surface area contributed by atoms with Crippen LogP contribution in [0.2, 0.25) is 0 Å². The molecule has 0 saturated heterocycles. The van der Waals surface area contributed by atoms with Crippen LogP contribution in [0, 0.1) is 0 Å². The summed E-state index contributed by atoms with van der Waals surface area (Å²) in [4.78, 5) is 2.80. The van der Waals surface area contributed by atoms with E-state index < -0.39 is 12.1 Å². The van der Waals surface area contributed by atoms with Gasteiger partial charge in [-0.05, 0) is 11.1 Å². The van der Waals surface area contributed by atoms with Gasteiger partial charge in [0, 0.05) is 4.91 Å². The number of nitrogens with zero attached hydrogens (tertiary/aromatic N) is 3. The highest BCUT2D eigenvalue weighted by Gasteiger charge is 2.18. The third kappa shape index (κ3) is 2.50. The second-order valence-corrected chi connectivity index (χ2v) is 3.72. The minimum atomic E-state index is -0.825. The van der Waals surface area contributed by atoms with E-state index in [1.165, 1.54) is 0 Å². The molecule has 2 rings (SSSR count). The molecular formula is C13H12N3O-. The van der Waals surface area contributed by atoms with Gasteiger partial charge >= 0.3 is 0 Å². The summed E-state index contributed by atoms with van der Waals surface area (Å²) in [5.41, 5.74) is 10.1. The summed E-state index contributed by atoms with van der Waals surface area (Å²) in [6.07, 6.45) is -0.825. The van der Waals surface area contributed by atoms with Gasteiger partial charge in [0.25, 0.3) is 0 Å². The largest absolute Gasteiger partial charge is 0.388 e. The molecule has 0 fully saturated rings. The van der Waals surface area contributed by atoms with Crippen LogP contribution in [0.3, 0.4) is 0 Å². The van der Waals surface area contributed by atoms with Crippen molar-refractivity contribution in [2.24, 2.45) is 5.11 Å². The van der Waals surface area contributed by atoms with Crippen molar-refractivity contribution in [1.29, 1.82) is 0 Å². The van der Waals surface area contributed by atoms with E-state index in [2.05, 4.69) is 10.0 Å². The fourth-order valence-electron chi connectivity index (χ4n) is 1.79. The topological polar surface area (TPSA) is 69.0 Å². The SMILES string of the molecule is [N-]=[N+]=N[C@H](c1ccc[cH-]1)[C@H](O)c1ccccc1. The van der Waals surface area contributed by atoms with Crippen molar-refractivity contribution in [2.75, 3.05) is 0 Å². The molecule has 0 aliphatic heterocycles. The molecule has 4 nitrogen and oxygen atoms in total. The van der Waals surface area contributed by atoms with Crippen molar-refractivity contribution < 1.29 is 5.11 Å². The summed E-state index contributed by atoms with van der Waals surface area (Å²) >= 11 is 0. The molecule has 4 heteroatoms. The van der Waals surface area contributed by atoms with Crippen LogP contribution in [0.25, 0.3) is 10.4 Å². The Labute approximate surface area is 99.1 Å². The van der Waals surface area contributed by atoms with Crippen molar-refractivity contribution in [3.63, 3.8) is 0 Å². The molecule has 0 bridgehead atoms. The highest BCUT2D eigenvalue weighted by atomic mass is 16.3. The molecule has 0 spiro atoms. The second kappa shape index (κ2) is 5.25. The molecule has 0 aliphatic carbocycles. The van der Waals surface area contributed by atoms with Gasteiger partial charge in [0.2, 0.25) is 0 Å². The normalized spacial score (nSPS) is 13.7. The first-order valence-electron chi connectivity index (χ1n) is 5.32. The highest BCUT2D eigenvalue weighted by Crippen LogP contribution is 2.32. The van der Waals surface area contributed by atoms with Gasteiger partial charge in [0.05, 0.1) is 12.1 Å². The average molecular weight is 226 g/mol. The maximum Gasteiger partial charge on any atom is 0.0894 e. The first-order valence-corrected chi connectivity index (χ1v) is 5.32. The summed E-state index contributed by atoms with van der Waals surface area (Å²) in [5, 5.41) is 13.9. The third-order valence-electron chi connectivity index (χ3n) is 2.65. The first-order chi connectivity index (χ1) is 8.33. The Hall–Kier alpha value is -2.16. The second-order valence-electron chi connectivity index (χ2n) is 3.72. The summed E-state index contributed by atoms with van der Waals surface area (Å²) in [5.74, 6) is 0. The van der Waals surface area contributed by atoms with Gasteiger partial charge in [-0.2, -0.15) is 17.7 Å². The fraction of sp³-hybridized carbons (Fsp3) is 0.154. The number of aliphatic hydroxyl groups is 1. The smallest absolute Gasteiger partial charge is 0.0894 e. The van der Waals surface area contributed by atoms with Crippen LogP contribution in [0.5, 0.6) is 0 Å². The Morgan fingerprint density at radius 1 is 1.18 bits per heavy atom. The quantitative estimate of drug-likeness (QED) is 0.368. The van der Waals surface area contributed by atoms with Gasteiger partial charge in [-0.3, -0.25) is 0 Å². The van der Waals surface area contributed by atoms with Crippen LogP contribution < -0.4 is 0 Å². The van der Waals surface area contributed by atoms with E-state index in [9.17, 15) is 5.11 Å². The summed E-state index contributed by atoms with van der Waals surface area (Å²) in [6, 6.07) is 16.0. The Morgan fingerprint density at radius 2 is 1.94 bits per heavy atom. The molecule has 2 aromatic rings. The fourth-order valence-corrected chi connectivity index (χ4v) is 1.79. The first kappa shape index (κ1) is 11.3. The van der Waals surface area contributed by atoms with Crippen LogP contribution in [0.4, 0.5) is 0 Å². The molecule has 17 heavy (non-hydrogen) atoms. The van der Waals surface area contributed by atoms with Gasteiger partial charge in [-0.15, -0.1) is 0 Å². The molecular weight excluding hydrogens is 214 g/mol. The maximum absolute atomic E-state index is 10.2. The number of hydrogen-bond acceptors (Lipinski definition) is 2. The third-order valence-corrected chi connectivity index (χ3v) is 2.65. The number of rotatable bonds is 4. The minimum absolute atomic E-state index is 0.586. The van der Waals surface area contributed by atoms with Crippen molar-refractivity contribution >= 4 is 0 Å². The van der Waals surface area contributed by atoms with Gasteiger partial charge in [-0.1, -0.05) is 35.4 Å². The molecule has 0 saturated carbocycles. The summed E-state index contributed by atoms with van der Waals surface area (Å²) in [6.45, 7) is 0. The maximum atomic E-state index is 10.2. The zero-order valence-corrected chi connectivity index (χ0v) is 9.14.